The van der Waals surface area contributed by atoms with Gasteiger partial charge >= 0.3 is 0 Å². The molecule has 4 heteroatoms. The molecule has 2 aromatic carbocycles. The van der Waals surface area contributed by atoms with Crippen LogP contribution >= 0.6 is 0 Å². The van der Waals surface area contributed by atoms with Crippen molar-refractivity contribution in [3.63, 3.8) is 0 Å². The fourth-order valence-electron chi connectivity index (χ4n) is 4.85. The van der Waals surface area contributed by atoms with Crippen molar-refractivity contribution >= 4 is 17.1 Å². The fourth-order valence-corrected chi connectivity index (χ4v) is 4.85. The summed E-state index contributed by atoms with van der Waals surface area (Å²) >= 11 is 0. The summed E-state index contributed by atoms with van der Waals surface area (Å²) < 4.78 is 15.7. The highest BCUT2D eigenvalue weighted by Gasteiger charge is 2.23. The minimum Gasteiger partial charge on any atom is -0.328 e. The van der Waals surface area contributed by atoms with E-state index in [-0.39, 0.29) is 5.82 Å². The molecule has 162 valence electrons. The first-order valence-electron chi connectivity index (χ1n) is 11.3. The predicted molar refractivity (Wildman–Crippen MR) is 129 cm³/mol. The van der Waals surface area contributed by atoms with E-state index >= 15 is 0 Å². The molecule has 0 bridgehead atoms. The number of benzene rings is 2. The molecule has 0 atom stereocenters. The second kappa shape index (κ2) is 9.09. The van der Waals surface area contributed by atoms with Crippen LogP contribution in [0.15, 0.2) is 79.6 Å². The normalized spacial score (nSPS) is 15.3. The number of hydrogen-bond acceptors (Lipinski definition) is 2. The van der Waals surface area contributed by atoms with Crippen LogP contribution in [0.25, 0.3) is 17.1 Å². The van der Waals surface area contributed by atoms with Crippen molar-refractivity contribution in [1.29, 1.82) is 0 Å². The van der Waals surface area contributed by atoms with Gasteiger partial charge in [-0.2, -0.15) is 0 Å². The summed E-state index contributed by atoms with van der Waals surface area (Å²) in [5.41, 5.74) is 5.90. The minimum absolute atomic E-state index is 0.155. The van der Waals surface area contributed by atoms with Gasteiger partial charge in [-0.05, 0) is 78.4 Å². The van der Waals surface area contributed by atoms with Gasteiger partial charge in [0, 0.05) is 30.9 Å². The van der Waals surface area contributed by atoms with E-state index in [4.69, 9.17) is 4.98 Å². The van der Waals surface area contributed by atoms with E-state index in [0.29, 0.717) is 5.92 Å². The lowest BCUT2D eigenvalue weighted by Crippen LogP contribution is -2.32. The molecule has 0 spiro atoms. The number of likely N-dealkylation sites (tertiary alicyclic amines) is 1. The van der Waals surface area contributed by atoms with E-state index in [1.165, 1.54) is 22.6 Å². The van der Waals surface area contributed by atoms with E-state index in [2.05, 4.69) is 58.6 Å². The molecule has 0 N–H and O–H groups in total. The molecule has 3 heterocycles. The Hall–Kier alpha value is -3.24. The molecule has 4 aromatic rings. The summed E-state index contributed by atoms with van der Waals surface area (Å²) in [6.45, 7) is 7.51. The maximum absolute atomic E-state index is 13.5. The van der Waals surface area contributed by atoms with Crippen LogP contribution < -0.4 is 0 Å². The van der Waals surface area contributed by atoms with Crippen LogP contribution in [0.5, 0.6) is 0 Å². The number of nitrogens with zero attached hydrogens (tertiary/aromatic N) is 3. The van der Waals surface area contributed by atoms with E-state index in [1.54, 1.807) is 12.1 Å². The topological polar surface area (TPSA) is 21.1 Å². The molecule has 0 unspecified atom stereocenters. The van der Waals surface area contributed by atoms with Crippen molar-refractivity contribution in [3.05, 3.63) is 108 Å². The standard InChI is InChI=1S/C28H28FN3/c1-2-21-6-8-22(9-7-21)20-32-17-13-27-26(10-14-30-28(27)32)24-11-15-31(16-12-24)19-23-4-3-5-25(29)18-23/h2-10,13-14,17-18,24H,1,11-12,15-16,19-20H2. The lowest BCUT2D eigenvalue weighted by atomic mass is 9.88. The van der Waals surface area contributed by atoms with Crippen LogP contribution in [0.4, 0.5) is 4.39 Å². The second-order valence-electron chi connectivity index (χ2n) is 8.71. The van der Waals surface area contributed by atoms with Crippen molar-refractivity contribution in [2.75, 3.05) is 13.1 Å². The van der Waals surface area contributed by atoms with E-state index in [0.717, 1.165) is 55.8 Å². The van der Waals surface area contributed by atoms with Gasteiger partial charge in [0.05, 0.1) is 0 Å². The van der Waals surface area contributed by atoms with Crippen LogP contribution in [-0.4, -0.2) is 27.5 Å². The predicted octanol–water partition coefficient (Wildman–Crippen LogP) is 6.25. The monoisotopic (exact) mass is 425 g/mol. The molecular formula is C28H28FN3. The quantitative estimate of drug-likeness (QED) is 0.364. The maximum atomic E-state index is 13.5. The molecule has 0 saturated carbocycles. The van der Waals surface area contributed by atoms with E-state index in [1.807, 2.05) is 18.3 Å². The lowest BCUT2D eigenvalue weighted by molar-refractivity contribution is 0.205. The molecule has 1 aliphatic heterocycles. The first-order valence-corrected chi connectivity index (χ1v) is 11.3. The lowest BCUT2D eigenvalue weighted by Gasteiger charge is -2.32. The Morgan fingerprint density at radius 3 is 2.53 bits per heavy atom. The zero-order valence-electron chi connectivity index (χ0n) is 18.3. The average molecular weight is 426 g/mol. The molecule has 1 aliphatic rings. The van der Waals surface area contributed by atoms with Crippen molar-refractivity contribution < 1.29 is 4.39 Å². The Morgan fingerprint density at radius 1 is 0.969 bits per heavy atom. The van der Waals surface area contributed by atoms with Crippen molar-refractivity contribution in [3.8, 4) is 0 Å². The average Bonchev–Trinajstić information content (AvgIpc) is 3.23. The number of aromatic nitrogens is 2. The Morgan fingerprint density at radius 2 is 1.78 bits per heavy atom. The van der Waals surface area contributed by atoms with Crippen LogP contribution in [0.1, 0.15) is 41.0 Å². The van der Waals surface area contributed by atoms with Gasteiger partial charge in [-0.1, -0.05) is 49.1 Å². The zero-order valence-corrected chi connectivity index (χ0v) is 18.3. The van der Waals surface area contributed by atoms with Crippen LogP contribution in [0.3, 0.4) is 0 Å². The summed E-state index contributed by atoms with van der Waals surface area (Å²) in [6, 6.07) is 19.9. The van der Waals surface area contributed by atoms with Crippen molar-refractivity contribution in [2.45, 2.75) is 31.8 Å². The van der Waals surface area contributed by atoms with Gasteiger partial charge in [0.25, 0.3) is 0 Å². The Bertz CT molecular complexity index is 1220. The smallest absolute Gasteiger partial charge is 0.140 e. The first-order chi connectivity index (χ1) is 15.7. The molecule has 5 rings (SSSR count). The van der Waals surface area contributed by atoms with Crippen molar-refractivity contribution in [1.82, 2.24) is 14.5 Å². The zero-order chi connectivity index (χ0) is 21.9. The number of hydrogen-bond donors (Lipinski definition) is 0. The molecule has 1 fully saturated rings. The van der Waals surface area contributed by atoms with Crippen LogP contribution in [0.2, 0.25) is 0 Å². The third-order valence-corrected chi connectivity index (χ3v) is 6.59. The minimum atomic E-state index is -0.155. The van der Waals surface area contributed by atoms with Gasteiger partial charge in [0.2, 0.25) is 0 Å². The molecular weight excluding hydrogens is 397 g/mol. The number of halogens is 1. The van der Waals surface area contributed by atoms with Crippen molar-refractivity contribution in [2.24, 2.45) is 0 Å². The van der Waals surface area contributed by atoms with Gasteiger partial charge in [-0.3, -0.25) is 4.90 Å². The maximum Gasteiger partial charge on any atom is 0.140 e. The third kappa shape index (κ3) is 4.37. The number of fused-ring (bicyclic) bond motifs is 1. The summed E-state index contributed by atoms with van der Waals surface area (Å²) in [6.07, 6.45) is 8.20. The SMILES string of the molecule is C=Cc1ccc(Cn2ccc3c(C4CCN(Cc5cccc(F)c5)CC4)ccnc32)cc1. The third-order valence-electron chi connectivity index (χ3n) is 6.59. The molecule has 0 aliphatic carbocycles. The van der Waals surface area contributed by atoms with Gasteiger partial charge in [0.15, 0.2) is 0 Å². The first kappa shape index (κ1) is 20.7. The highest BCUT2D eigenvalue weighted by Crippen LogP contribution is 2.33. The summed E-state index contributed by atoms with van der Waals surface area (Å²) in [5.74, 6) is 0.379. The summed E-state index contributed by atoms with van der Waals surface area (Å²) in [5, 5.41) is 1.26. The van der Waals surface area contributed by atoms with Gasteiger partial charge in [-0.25, -0.2) is 9.37 Å². The second-order valence-corrected chi connectivity index (χ2v) is 8.71. The highest BCUT2D eigenvalue weighted by atomic mass is 19.1. The van der Waals surface area contributed by atoms with Crippen LogP contribution in [-0.2, 0) is 13.1 Å². The van der Waals surface area contributed by atoms with Gasteiger partial charge in [0.1, 0.15) is 11.5 Å². The number of pyridine rings is 1. The highest BCUT2D eigenvalue weighted by molar-refractivity contribution is 5.80. The van der Waals surface area contributed by atoms with Gasteiger partial charge in [-0.15, -0.1) is 0 Å². The van der Waals surface area contributed by atoms with Gasteiger partial charge < -0.3 is 4.57 Å². The molecule has 0 radical (unpaired) electrons. The summed E-state index contributed by atoms with van der Waals surface area (Å²) in [7, 11) is 0. The molecule has 32 heavy (non-hydrogen) atoms. The fraction of sp³-hybridized carbons (Fsp3) is 0.250. The molecule has 3 nitrogen and oxygen atoms in total. The Kier molecular flexibility index (Phi) is 5.87. The number of piperidine rings is 1. The Labute approximate surface area is 188 Å². The number of rotatable bonds is 6. The van der Waals surface area contributed by atoms with Crippen LogP contribution in [0, 0.1) is 5.82 Å². The molecule has 0 amide bonds. The van der Waals surface area contributed by atoms with E-state index in [9.17, 15) is 4.39 Å². The summed E-state index contributed by atoms with van der Waals surface area (Å²) in [4.78, 5) is 7.14. The largest absolute Gasteiger partial charge is 0.328 e. The van der Waals surface area contributed by atoms with E-state index < -0.39 is 0 Å². The molecule has 2 aromatic heterocycles. The Balaban J connectivity index is 1.29. The molecule has 1 saturated heterocycles.